The maximum absolute atomic E-state index is 12.0. The molecular weight excluding hydrogens is 308 g/mol. The minimum atomic E-state index is -0.738. The SMILES string of the molecule is CCOC(=O)c1cc(CN2C(C(=O)O)CC3CCCCC32)[nH]c1C. The number of aryl methyl sites for hydroxylation is 1. The first-order valence-corrected chi connectivity index (χ1v) is 8.85. The Hall–Kier alpha value is -1.82. The van der Waals surface area contributed by atoms with Gasteiger partial charge in [0, 0.05) is 24.0 Å². The Bertz CT molecular complexity index is 625. The van der Waals surface area contributed by atoms with Gasteiger partial charge in [-0.2, -0.15) is 0 Å². The van der Waals surface area contributed by atoms with E-state index < -0.39 is 12.0 Å². The predicted molar refractivity (Wildman–Crippen MR) is 88.8 cm³/mol. The maximum Gasteiger partial charge on any atom is 0.339 e. The highest BCUT2D eigenvalue weighted by Gasteiger charge is 2.45. The van der Waals surface area contributed by atoms with E-state index in [1.165, 1.54) is 12.8 Å². The normalized spacial score (nSPS) is 27.0. The van der Waals surface area contributed by atoms with E-state index in [0.29, 0.717) is 30.7 Å². The van der Waals surface area contributed by atoms with Gasteiger partial charge in [-0.3, -0.25) is 9.69 Å². The summed E-state index contributed by atoms with van der Waals surface area (Å²) in [7, 11) is 0. The number of nitrogens with one attached hydrogen (secondary N) is 1. The Morgan fingerprint density at radius 1 is 1.38 bits per heavy atom. The van der Waals surface area contributed by atoms with Gasteiger partial charge in [0.2, 0.25) is 0 Å². The first-order chi connectivity index (χ1) is 11.5. The fourth-order valence-electron chi connectivity index (χ4n) is 4.35. The molecule has 2 N–H and O–H groups in total. The number of likely N-dealkylation sites (tertiary alicyclic amines) is 1. The quantitative estimate of drug-likeness (QED) is 0.809. The number of H-pyrrole nitrogens is 1. The fourth-order valence-corrected chi connectivity index (χ4v) is 4.35. The number of carbonyl (C=O) groups is 2. The molecule has 0 bridgehead atoms. The lowest BCUT2D eigenvalue weighted by molar-refractivity contribution is -0.142. The molecule has 1 aromatic rings. The molecule has 3 rings (SSSR count). The van der Waals surface area contributed by atoms with Gasteiger partial charge in [0.25, 0.3) is 0 Å². The smallest absolute Gasteiger partial charge is 0.339 e. The third kappa shape index (κ3) is 3.20. The van der Waals surface area contributed by atoms with E-state index in [-0.39, 0.29) is 5.97 Å². The van der Waals surface area contributed by atoms with Gasteiger partial charge in [-0.05, 0) is 45.1 Å². The van der Waals surface area contributed by atoms with Crippen LogP contribution < -0.4 is 0 Å². The van der Waals surface area contributed by atoms with Crippen LogP contribution >= 0.6 is 0 Å². The van der Waals surface area contributed by atoms with Crippen molar-refractivity contribution in [2.24, 2.45) is 5.92 Å². The number of rotatable bonds is 5. The average molecular weight is 334 g/mol. The van der Waals surface area contributed by atoms with E-state index in [1.807, 2.05) is 13.0 Å². The van der Waals surface area contributed by atoms with Gasteiger partial charge in [0.1, 0.15) is 6.04 Å². The molecule has 1 saturated heterocycles. The van der Waals surface area contributed by atoms with Crippen molar-refractivity contribution >= 4 is 11.9 Å². The van der Waals surface area contributed by atoms with Crippen molar-refractivity contribution in [3.63, 3.8) is 0 Å². The van der Waals surface area contributed by atoms with Crippen molar-refractivity contribution in [1.82, 2.24) is 9.88 Å². The Labute approximate surface area is 142 Å². The van der Waals surface area contributed by atoms with Gasteiger partial charge in [0.15, 0.2) is 0 Å². The zero-order chi connectivity index (χ0) is 17.3. The van der Waals surface area contributed by atoms with Crippen molar-refractivity contribution in [2.75, 3.05) is 6.61 Å². The van der Waals surface area contributed by atoms with Crippen LogP contribution in [-0.4, -0.2) is 45.6 Å². The van der Waals surface area contributed by atoms with Crippen LogP contribution in [0, 0.1) is 12.8 Å². The highest BCUT2D eigenvalue weighted by molar-refractivity contribution is 5.91. The second-order valence-corrected chi connectivity index (χ2v) is 6.93. The predicted octanol–water partition coefficient (Wildman–Crippen LogP) is 2.72. The molecule has 1 aromatic heterocycles. The third-order valence-corrected chi connectivity index (χ3v) is 5.43. The van der Waals surface area contributed by atoms with Crippen LogP contribution in [0.4, 0.5) is 0 Å². The first-order valence-electron chi connectivity index (χ1n) is 8.85. The largest absolute Gasteiger partial charge is 0.480 e. The maximum atomic E-state index is 12.0. The van der Waals surface area contributed by atoms with E-state index in [1.54, 1.807) is 6.92 Å². The Morgan fingerprint density at radius 2 is 2.12 bits per heavy atom. The van der Waals surface area contributed by atoms with Crippen molar-refractivity contribution < 1.29 is 19.4 Å². The van der Waals surface area contributed by atoms with Gasteiger partial charge < -0.3 is 14.8 Å². The number of hydrogen-bond donors (Lipinski definition) is 2. The van der Waals surface area contributed by atoms with Crippen LogP contribution in [0.2, 0.25) is 0 Å². The third-order valence-electron chi connectivity index (χ3n) is 5.43. The zero-order valence-corrected chi connectivity index (χ0v) is 14.4. The molecule has 6 nitrogen and oxygen atoms in total. The van der Waals surface area contributed by atoms with Crippen LogP contribution in [0.5, 0.6) is 0 Å². The number of carboxylic acid groups (broad SMARTS) is 1. The summed E-state index contributed by atoms with van der Waals surface area (Å²) in [6.07, 6.45) is 5.31. The Balaban J connectivity index is 1.79. The van der Waals surface area contributed by atoms with E-state index in [0.717, 1.165) is 30.7 Å². The lowest BCUT2D eigenvalue weighted by atomic mass is 9.85. The number of aliphatic carboxylic acids is 1. The van der Waals surface area contributed by atoms with Gasteiger partial charge in [0.05, 0.1) is 12.2 Å². The average Bonchev–Trinajstić information content (AvgIpc) is 3.09. The molecule has 1 aliphatic carbocycles. The van der Waals surface area contributed by atoms with Crippen molar-refractivity contribution in [2.45, 2.75) is 64.6 Å². The molecule has 2 fully saturated rings. The van der Waals surface area contributed by atoms with E-state index in [4.69, 9.17) is 4.74 Å². The molecule has 132 valence electrons. The molecular formula is C18H26N2O4. The van der Waals surface area contributed by atoms with Gasteiger partial charge in [-0.15, -0.1) is 0 Å². The van der Waals surface area contributed by atoms with Crippen LogP contribution in [0.3, 0.4) is 0 Å². The number of aromatic amines is 1. The Kier molecular flexibility index (Phi) is 4.94. The van der Waals surface area contributed by atoms with Crippen molar-refractivity contribution in [3.8, 4) is 0 Å². The summed E-state index contributed by atoms with van der Waals surface area (Å²) in [5.74, 6) is -0.581. The van der Waals surface area contributed by atoms with E-state index in [2.05, 4.69) is 9.88 Å². The summed E-state index contributed by atoms with van der Waals surface area (Å²) in [5.41, 5.74) is 2.20. The molecule has 2 heterocycles. The number of ether oxygens (including phenoxy) is 1. The summed E-state index contributed by atoms with van der Waals surface area (Å²) < 4.78 is 5.07. The standard InChI is InChI=1S/C18H26N2O4/c1-3-24-18(23)14-9-13(19-11(14)2)10-20-15-7-5-4-6-12(15)8-16(20)17(21)22/h9,12,15-16,19H,3-8,10H2,1-2H3,(H,21,22). The lowest BCUT2D eigenvalue weighted by Crippen LogP contribution is -2.41. The molecule has 0 radical (unpaired) electrons. The second-order valence-electron chi connectivity index (χ2n) is 6.93. The zero-order valence-electron chi connectivity index (χ0n) is 14.4. The lowest BCUT2D eigenvalue weighted by Gasteiger charge is -2.32. The second kappa shape index (κ2) is 6.97. The molecule has 0 aromatic carbocycles. The number of carbonyl (C=O) groups excluding carboxylic acids is 1. The minimum absolute atomic E-state index is 0.329. The fraction of sp³-hybridized carbons (Fsp3) is 0.667. The molecule has 24 heavy (non-hydrogen) atoms. The van der Waals surface area contributed by atoms with Gasteiger partial charge in [-0.1, -0.05) is 12.8 Å². The summed E-state index contributed by atoms with van der Waals surface area (Å²) in [6, 6.07) is 1.73. The number of esters is 1. The van der Waals surface area contributed by atoms with Crippen molar-refractivity contribution in [1.29, 1.82) is 0 Å². The molecule has 0 amide bonds. The topological polar surface area (TPSA) is 82.6 Å². The first kappa shape index (κ1) is 17.0. The van der Waals surface area contributed by atoms with E-state index >= 15 is 0 Å². The highest BCUT2D eigenvalue weighted by atomic mass is 16.5. The van der Waals surface area contributed by atoms with Crippen molar-refractivity contribution in [3.05, 3.63) is 23.0 Å². The van der Waals surface area contributed by atoms with Crippen LogP contribution in [0.15, 0.2) is 6.07 Å². The highest BCUT2D eigenvalue weighted by Crippen LogP contribution is 2.40. The monoisotopic (exact) mass is 334 g/mol. The molecule has 1 aliphatic heterocycles. The van der Waals surface area contributed by atoms with E-state index in [9.17, 15) is 14.7 Å². The summed E-state index contributed by atoms with van der Waals surface area (Å²) in [6.45, 7) is 4.51. The van der Waals surface area contributed by atoms with Crippen LogP contribution in [0.25, 0.3) is 0 Å². The van der Waals surface area contributed by atoms with Crippen LogP contribution in [-0.2, 0) is 16.1 Å². The molecule has 3 unspecified atom stereocenters. The number of nitrogens with zero attached hydrogens (tertiary/aromatic N) is 1. The number of aromatic nitrogens is 1. The summed E-state index contributed by atoms with van der Waals surface area (Å²) in [5, 5.41) is 9.60. The van der Waals surface area contributed by atoms with Gasteiger partial charge in [-0.25, -0.2) is 4.79 Å². The molecule has 2 aliphatic rings. The molecule has 0 spiro atoms. The molecule has 1 saturated carbocycles. The number of carboxylic acids is 1. The van der Waals surface area contributed by atoms with Gasteiger partial charge >= 0.3 is 11.9 Å². The molecule has 6 heteroatoms. The van der Waals surface area contributed by atoms with Crippen LogP contribution in [0.1, 0.15) is 60.8 Å². The summed E-state index contributed by atoms with van der Waals surface area (Å²) >= 11 is 0. The number of fused-ring (bicyclic) bond motifs is 1. The molecule has 3 atom stereocenters. The Morgan fingerprint density at radius 3 is 2.83 bits per heavy atom. The number of hydrogen-bond acceptors (Lipinski definition) is 4. The minimum Gasteiger partial charge on any atom is -0.480 e. The summed E-state index contributed by atoms with van der Waals surface area (Å²) in [4.78, 5) is 29.0.